The first-order valence-corrected chi connectivity index (χ1v) is 5.74. The zero-order chi connectivity index (χ0) is 11.0. The van der Waals surface area contributed by atoms with Gasteiger partial charge >= 0.3 is 10.0 Å². The van der Waals surface area contributed by atoms with E-state index in [1.54, 1.807) is 14.2 Å². The standard InChI is InChI=1S/C6H14NO2.C2H8O2Si/c1-7(2,3)9-6-4-5-8-6;1-3-5-4-2/h6H,4-5H2,1-3H3;5H2,1-2H3/q+1;. The van der Waals surface area contributed by atoms with Crippen molar-refractivity contribution in [2.75, 3.05) is 42.0 Å². The molecule has 1 saturated heterocycles. The highest BCUT2D eigenvalue weighted by Crippen LogP contribution is 2.14. The summed E-state index contributed by atoms with van der Waals surface area (Å²) in [7, 11) is 8.65. The van der Waals surface area contributed by atoms with E-state index in [1.807, 2.05) is 21.1 Å². The number of hydroxylamine groups is 3. The zero-order valence-corrected chi connectivity index (χ0v) is 11.2. The van der Waals surface area contributed by atoms with Gasteiger partial charge in [0.15, 0.2) is 0 Å². The molecule has 0 bridgehead atoms. The Labute approximate surface area is 88.5 Å². The summed E-state index contributed by atoms with van der Waals surface area (Å²) >= 11 is 0. The fourth-order valence-electron chi connectivity index (χ4n) is 0.768. The first kappa shape index (κ1) is 14.0. The third kappa shape index (κ3) is 8.61. The van der Waals surface area contributed by atoms with Crippen molar-refractivity contribution >= 4 is 10.0 Å². The summed E-state index contributed by atoms with van der Waals surface area (Å²) in [5.41, 5.74) is 0. The summed E-state index contributed by atoms with van der Waals surface area (Å²) in [6, 6.07) is 0. The van der Waals surface area contributed by atoms with Gasteiger partial charge in [-0.25, -0.2) is 0 Å². The molecule has 1 aliphatic heterocycles. The van der Waals surface area contributed by atoms with Gasteiger partial charge in [0.1, 0.15) is 0 Å². The average molecular weight is 224 g/mol. The maximum atomic E-state index is 5.39. The molecule has 0 radical (unpaired) electrons. The maximum Gasteiger partial charge on any atom is 0.303 e. The van der Waals surface area contributed by atoms with E-state index in [4.69, 9.17) is 9.57 Å². The highest BCUT2D eigenvalue weighted by atomic mass is 28.3. The highest BCUT2D eigenvalue weighted by molar-refractivity contribution is 6.17. The first-order chi connectivity index (χ1) is 6.49. The molecule has 0 aromatic rings. The Morgan fingerprint density at radius 1 is 1.21 bits per heavy atom. The fourth-order valence-corrected chi connectivity index (χ4v) is 1.00. The van der Waals surface area contributed by atoms with Gasteiger partial charge in [0.2, 0.25) is 6.29 Å². The molecule has 6 heteroatoms. The number of nitrogens with zero attached hydrogens (tertiary/aromatic N) is 1. The topological polar surface area (TPSA) is 36.9 Å². The molecule has 0 aliphatic carbocycles. The molecule has 5 nitrogen and oxygen atoms in total. The van der Waals surface area contributed by atoms with Gasteiger partial charge in [-0.2, -0.15) is 9.48 Å². The van der Waals surface area contributed by atoms with Crippen molar-refractivity contribution in [3.05, 3.63) is 0 Å². The molecule has 0 aromatic heterocycles. The summed E-state index contributed by atoms with van der Waals surface area (Å²) in [5, 5.41) is 0. The fraction of sp³-hybridized carbons (Fsp3) is 1.00. The van der Waals surface area contributed by atoms with Crippen molar-refractivity contribution in [3.63, 3.8) is 0 Å². The van der Waals surface area contributed by atoms with Crippen LogP contribution in [0, 0.1) is 0 Å². The Balaban J connectivity index is 0.000000292. The SMILES string of the molecule is CO[SiH2]OC.C[N+](C)(C)OC1CCO1. The molecule has 0 saturated carbocycles. The molecular formula is C8H22NO4Si+. The monoisotopic (exact) mass is 224 g/mol. The van der Waals surface area contributed by atoms with Crippen molar-refractivity contribution in [1.29, 1.82) is 0 Å². The van der Waals surface area contributed by atoms with Crippen molar-refractivity contribution in [1.82, 2.24) is 0 Å². The van der Waals surface area contributed by atoms with Crippen molar-refractivity contribution in [2.45, 2.75) is 12.7 Å². The molecule has 14 heavy (non-hydrogen) atoms. The number of hydrogen-bond donors (Lipinski definition) is 0. The second-order valence-corrected chi connectivity index (χ2v) is 5.17. The van der Waals surface area contributed by atoms with Crippen LogP contribution in [-0.4, -0.2) is 62.9 Å². The van der Waals surface area contributed by atoms with Crippen LogP contribution >= 0.6 is 0 Å². The van der Waals surface area contributed by atoms with Crippen LogP contribution in [0.15, 0.2) is 0 Å². The molecule has 1 fully saturated rings. The van der Waals surface area contributed by atoms with E-state index in [1.165, 1.54) is 0 Å². The van der Waals surface area contributed by atoms with Gasteiger partial charge < -0.3 is 13.6 Å². The Kier molecular flexibility index (Phi) is 7.34. The zero-order valence-electron chi connectivity index (χ0n) is 9.78. The Hall–Kier alpha value is 0.0169. The van der Waals surface area contributed by atoms with E-state index >= 15 is 0 Å². The number of ether oxygens (including phenoxy) is 1. The van der Waals surface area contributed by atoms with Gasteiger partial charge in [-0.3, -0.25) is 0 Å². The molecule has 0 amide bonds. The van der Waals surface area contributed by atoms with Crippen LogP contribution in [0.25, 0.3) is 0 Å². The van der Waals surface area contributed by atoms with E-state index < -0.39 is 10.0 Å². The predicted octanol–water partition coefficient (Wildman–Crippen LogP) is -0.351. The lowest BCUT2D eigenvalue weighted by Gasteiger charge is -2.31. The smallest absolute Gasteiger partial charge is 0.303 e. The van der Waals surface area contributed by atoms with E-state index in [0.29, 0.717) is 4.65 Å². The molecule has 0 N–H and O–H groups in total. The summed E-state index contributed by atoms with van der Waals surface area (Å²) in [4.78, 5) is 5.39. The minimum atomic E-state index is -0.568. The van der Waals surface area contributed by atoms with E-state index in [0.717, 1.165) is 13.0 Å². The molecule has 1 heterocycles. The number of quaternary nitrogens is 1. The molecule has 1 aliphatic rings. The maximum absolute atomic E-state index is 5.39. The highest BCUT2D eigenvalue weighted by Gasteiger charge is 2.25. The van der Waals surface area contributed by atoms with Gasteiger partial charge in [0.05, 0.1) is 27.7 Å². The quantitative estimate of drug-likeness (QED) is 0.371. The molecule has 0 aromatic carbocycles. The van der Waals surface area contributed by atoms with Crippen LogP contribution in [0.1, 0.15) is 6.42 Å². The summed E-state index contributed by atoms with van der Waals surface area (Å²) < 4.78 is 14.8. The first-order valence-electron chi connectivity index (χ1n) is 4.59. The van der Waals surface area contributed by atoms with Gasteiger partial charge in [0, 0.05) is 20.6 Å². The van der Waals surface area contributed by atoms with Crippen molar-refractivity contribution in [3.8, 4) is 0 Å². The lowest BCUT2D eigenvalue weighted by Crippen LogP contribution is -2.44. The van der Waals surface area contributed by atoms with Crippen LogP contribution in [0.3, 0.4) is 0 Å². The van der Waals surface area contributed by atoms with E-state index in [2.05, 4.69) is 8.85 Å². The van der Waals surface area contributed by atoms with Gasteiger partial charge in [-0.1, -0.05) is 0 Å². The lowest BCUT2D eigenvalue weighted by atomic mass is 10.4. The minimum Gasteiger partial charge on any atom is -0.402 e. The second kappa shape index (κ2) is 7.33. The Morgan fingerprint density at radius 2 is 1.71 bits per heavy atom. The summed E-state index contributed by atoms with van der Waals surface area (Å²) in [6.07, 6.45) is 1.08. The predicted molar refractivity (Wildman–Crippen MR) is 56.0 cm³/mol. The van der Waals surface area contributed by atoms with Crippen LogP contribution < -0.4 is 0 Å². The van der Waals surface area contributed by atoms with Gasteiger partial charge in [0.25, 0.3) is 0 Å². The Bertz CT molecular complexity index is 134. The van der Waals surface area contributed by atoms with E-state index in [-0.39, 0.29) is 6.29 Å². The molecule has 1 rings (SSSR count). The van der Waals surface area contributed by atoms with Crippen LogP contribution in [0.5, 0.6) is 0 Å². The molecular weight excluding hydrogens is 202 g/mol. The van der Waals surface area contributed by atoms with Crippen molar-refractivity contribution in [2.24, 2.45) is 0 Å². The van der Waals surface area contributed by atoms with E-state index in [9.17, 15) is 0 Å². The van der Waals surface area contributed by atoms with Crippen molar-refractivity contribution < 1.29 is 23.1 Å². The second-order valence-electron chi connectivity index (χ2n) is 3.78. The Morgan fingerprint density at radius 3 is 1.79 bits per heavy atom. The summed E-state index contributed by atoms with van der Waals surface area (Å²) in [6.45, 7) is 0.852. The van der Waals surface area contributed by atoms with Crippen LogP contribution in [-0.2, 0) is 18.4 Å². The molecule has 0 spiro atoms. The third-order valence-corrected chi connectivity index (χ3v) is 1.80. The van der Waals surface area contributed by atoms with Crippen LogP contribution in [0.2, 0.25) is 0 Å². The lowest BCUT2D eigenvalue weighted by molar-refractivity contribution is -1.07. The van der Waals surface area contributed by atoms with Gasteiger partial charge in [-0.15, -0.1) is 0 Å². The van der Waals surface area contributed by atoms with Crippen LogP contribution in [0.4, 0.5) is 0 Å². The summed E-state index contributed by atoms with van der Waals surface area (Å²) in [5.74, 6) is 0. The minimum absolute atomic E-state index is 0.0463. The number of rotatable bonds is 4. The van der Waals surface area contributed by atoms with Gasteiger partial charge in [-0.05, 0) is 0 Å². The molecule has 1 unspecified atom stereocenters. The average Bonchev–Trinajstić information content (AvgIpc) is 1.99. The number of hydrogen-bond acceptors (Lipinski definition) is 4. The largest absolute Gasteiger partial charge is 0.402 e. The normalized spacial score (nSPS) is 20.8. The third-order valence-electron chi connectivity index (χ3n) is 1.33. The molecule has 1 atom stereocenters. The molecule has 86 valence electrons.